The predicted molar refractivity (Wildman–Crippen MR) is 84.3 cm³/mol. The zero-order valence-corrected chi connectivity index (χ0v) is 12.9. The van der Waals surface area contributed by atoms with Gasteiger partial charge in [0.1, 0.15) is 0 Å². The highest BCUT2D eigenvalue weighted by atomic mass is 32.2. The largest absolute Gasteiger partial charge is 0.300 e. The van der Waals surface area contributed by atoms with E-state index in [4.69, 9.17) is 5.84 Å². The van der Waals surface area contributed by atoms with Crippen LogP contribution in [0.5, 0.6) is 0 Å². The van der Waals surface area contributed by atoms with E-state index >= 15 is 0 Å². The first-order valence-electron chi connectivity index (χ1n) is 6.97. The number of benzene rings is 1. The second-order valence-corrected chi connectivity index (χ2v) is 6.74. The summed E-state index contributed by atoms with van der Waals surface area (Å²) >= 11 is 2.02. The topological polar surface area (TPSA) is 41.3 Å². The Bertz CT molecular complexity index is 391. The van der Waals surface area contributed by atoms with Crippen molar-refractivity contribution in [3.8, 4) is 0 Å². The molecule has 106 valence electrons. The van der Waals surface area contributed by atoms with E-state index in [-0.39, 0.29) is 6.04 Å². The van der Waals surface area contributed by atoms with Crippen LogP contribution in [0.1, 0.15) is 36.9 Å². The van der Waals surface area contributed by atoms with Crippen LogP contribution in [0, 0.1) is 0 Å². The van der Waals surface area contributed by atoms with E-state index in [2.05, 4.69) is 55.5 Å². The van der Waals surface area contributed by atoms with Crippen molar-refractivity contribution in [1.82, 2.24) is 10.3 Å². The van der Waals surface area contributed by atoms with Gasteiger partial charge in [-0.2, -0.15) is 11.8 Å². The van der Waals surface area contributed by atoms with E-state index in [0.717, 1.165) is 12.3 Å². The molecule has 1 aromatic rings. The molecule has 1 aromatic carbocycles. The molecule has 0 aliphatic carbocycles. The third-order valence-corrected chi connectivity index (χ3v) is 5.02. The number of likely N-dealkylation sites (N-methyl/N-ethyl adjacent to an activating group) is 1. The summed E-state index contributed by atoms with van der Waals surface area (Å²) in [5.41, 5.74) is 5.68. The molecule has 1 heterocycles. The Kier molecular flexibility index (Phi) is 5.28. The Morgan fingerprint density at radius 3 is 2.42 bits per heavy atom. The summed E-state index contributed by atoms with van der Waals surface area (Å²) in [6.07, 6.45) is 0. The molecular weight excluding hydrogens is 254 g/mol. The van der Waals surface area contributed by atoms with Crippen LogP contribution in [0.3, 0.4) is 0 Å². The quantitative estimate of drug-likeness (QED) is 0.656. The maximum absolute atomic E-state index is 5.81. The zero-order chi connectivity index (χ0) is 13.8. The molecule has 0 aromatic heterocycles. The fourth-order valence-electron chi connectivity index (χ4n) is 2.57. The molecule has 1 fully saturated rings. The Morgan fingerprint density at radius 2 is 1.89 bits per heavy atom. The summed E-state index contributed by atoms with van der Waals surface area (Å²) in [5, 5.41) is 0. The highest BCUT2D eigenvalue weighted by Crippen LogP contribution is 2.27. The Morgan fingerprint density at radius 1 is 1.26 bits per heavy atom. The molecule has 3 N–H and O–H groups in total. The normalized spacial score (nSPS) is 22.7. The lowest BCUT2D eigenvalue weighted by Crippen LogP contribution is -2.49. The highest BCUT2D eigenvalue weighted by molar-refractivity contribution is 7.99. The monoisotopic (exact) mass is 279 g/mol. The minimum absolute atomic E-state index is 0.207. The van der Waals surface area contributed by atoms with Gasteiger partial charge in [-0.3, -0.25) is 16.2 Å². The zero-order valence-electron chi connectivity index (χ0n) is 12.1. The number of nitrogens with zero attached hydrogens (tertiary/aromatic N) is 1. The minimum Gasteiger partial charge on any atom is -0.300 e. The number of nitrogens with one attached hydrogen (secondary N) is 1. The summed E-state index contributed by atoms with van der Waals surface area (Å²) in [6, 6.07) is 9.55. The average Bonchev–Trinajstić information content (AvgIpc) is 2.42. The van der Waals surface area contributed by atoms with E-state index in [1.165, 1.54) is 16.9 Å². The second-order valence-electron chi connectivity index (χ2n) is 5.59. The Labute approximate surface area is 120 Å². The maximum atomic E-state index is 5.81. The lowest BCUT2D eigenvalue weighted by molar-refractivity contribution is 0.216. The lowest BCUT2D eigenvalue weighted by atomic mass is 9.96. The molecule has 1 saturated heterocycles. The Balaban J connectivity index is 2.16. The van der Waals surface area contributed by atoms with Crippen LogP contribution < -0.4 is 11.3 Å². The second kappa shape index (κ2) is 6.75. The molecule has 3 nitrogen and oxygen atoms in total. The number of hydrogen-bond acceptors (Lipinski definition) is 4. The van der Waals surface area contributed by atoms with Crippen molar-refractivity contribution in [3.05, 3.63) is 35.4 Å². The van der Waals surface area contributed by atoms with Crippen molar-refractivity contribution in [2.45, 2.75) is 31.8 Å². The summed E-state index contributed by atoms with van der Waals surface area (Å²) in [7, 11) is 2.19. The number of thioether (sulfide) groups is 1. The smallest absolute Gasteiger partial charge is 0.0623 e. The summed E-state index contributed by atoms with van der Waals surface area (Å²) in [4.78, 5) is 2.41. The van der Waals surface area contributed by atoms with E-state index in [9.17, 15) is 0 Å². The van der Waals surface area contributed by atoms with Gasteiger partial charge < -0.3 is 0 Å². The molecule has 0 saturated carbocycles. The Hall–Kier alpha value is -0.550. The fraction of sp³-hybridized carbons (Fsp3) is 0.600. The van der Waals surface area contributed by atoms with E-state index in [1.807, 2.05) is 11.8 Å². The van der Waals surface area contributed by atoms with Crippen LogP contribution >= 0.6 is 11.8 Å². The van der Waals surface area contributed by atoms with Gasteiger partial charge in [0.15, 0.2) is 0 Å². The highest BCUT2D eigenvalue weighted by Gasteiger charge is 2.28. The summed E-state index contributed by atoms with van der Waals surface area (Å²) in [5.74, 6) is 8.74. The molecule has 0 amide bonds. The van der Waals surface area contributed by atoms with E-state index < -0.39 is 0 Å². The molecule has 2 unspecified atom stereocenters. The van der Waals surface area contributed by atoms with Crippen LogP contribution in [-0.4, -0.2) is 36.0 Å². The lowest BCUT2D eigenvalue weighted by Gasteiger charge is -2.37. The standard InChI is InChI=1S/C15H25N3S/c1-11(2)12-4-6-13(7-5-12)15(17-16)14-10-19-9-8-18(14)3/h4-7,11,14-15,17H,8-10,16H2,1-3H3. The van der Waals surface area contributed by atoms with Crippen LogP contribution in [0.4, 0.5) is 0 Å². The first kappa shape index (κ1) is 14.9. The molecule has 1 aliphatic heterocycles. The fourth-order valence-corrected chi connectivity index (χ4v) is 3.85. The summed E-state index contributed by atoms with van der Waals surface area (Å²) in [6.45, 7) is 5.58. The van der Waals surface area contributed by atoms with Crippen molar-refractivity contribution >= 4 is 11.8 Å². The SMILES string of the molecule is CC(C)c1ccc(C(NN)C2CSCCN2C)cc1. The molecule has 0 bridgehead atoms. The van der Waals surface area contributed by atoms with Crippen molar-refractivity contribution < 1.29 is 0 Å². The number of hydrazine groups is 1. The van der Waals surface area contributed by atoms with Gasteiger partial charge in [0.2, 0.25) is 0 Å². The van der Waals surface area contributed by atoms with Gasteiger partial charge in [0, 0.05) is 24.1 Å². The minimum atomic E-state index is 0.207. The van der Waals surface area contributed by atoms with Crippen molar-refractivity contribution in [1.29, 1.82) is 0 Å². The molecule has 0 spiro atoms. The van der Waals surface area contributed by atoms with Crippen molar-refractivity contribution in [2.24, 2.45) is 5.84 Å². The molecule has 1 aliphatic rings. The first-order valence-corrected chi connectivity index (χ1v) is 8.13. The number of rotatable bonds is 4. The van der Waals surface area contributed by atoms with Crippen LogP contribution in [0.25, 0.3) is 0 Å². The van der Waals surface area contributed by atoms with Gasteiger partial charge in [0.05, 0.1) is 6.04 Å². The van der Waals surface area contributed by atoms with Crippen LogP contribution in [-0.2, 0) is 0 Å². The number of nitrogens with two attached hydrogens (primary N) is 1. The van der Waals surface area contributed by atoms with Crippen molar-refractivity contribution in [2.75, 3.05) is 25.1 Å². The molecule has 19 heavy (non-hydrogen) atoms. The third kappa shape index (κ3) is 3.51. The van der Waals surface area contributed by atoms with Gasteiger partial charge in [-0.1, -0.05) is 38.1 Å². The first-order chi connectivity index (χ1) is 9.13. The van der Waals surface area contributed by atoms with Crippen LogP contribution in [0.2, 0.25) is 0 Å². The van der Waals surface area contributed by atoms with E-state index in [1.54, 1.807) is 0 Å². The average molecular weight is 279 g/mol. The molecule has 2 rings (SSSR count). The van der Waals surface area contributed by atoms with Gasteiger partial charge in [0.25, 0.3) is 0 Å². The van der Waals surface area contributed by atoms with Gasteiger partial charge >= 0.3 is 0 Å². The maximum Gasteiger partial charge on any atom is 0.0623 e. The number of hydrogen-bond donors (Lipinski definition) is 2. The molecule has 2 atom stereocenters. The predicted octanol–water partition coefficient (Wildman–Crippen LogP) is 2.36. The molecule has 4 heteroatoms. The van der Waals surface area contributed by atoms with Gasteiger partial charge in [-0.25, -0.2) is 0 Å². The molecular formula is C15H25N3S. The van der Waals surface area contributed by atoms with Crippen LogP contribution in [0.15, 0.2) is 24.3 Å². The van der Waals surface area contributed by atoms with Gasteiger partial charge in [-0.05, 0) is 24.1 Å². The summed E-state index contributed by atoms with van der Waals surface area (Å²) < 4.78 is 0. The van der Waals surface area contributed by atoms with E-state index in [0.29, 0.717) is 12.0 Å². The molecule has 0 radical (unpaired) electrons. The van der Waals surface area contributed by atoms with Crippen molar-refractivity contribution in [3.63, 3.8) is 0 Å². The van der Waals surface area contributed by atoms with Gasteiger partial charge in [-0.15, -0.1) is 0 Å². The third-order valence-electron chi connectivity index (χ3n) is 3.97.